The first-order chi connectivity index (χ1) is 20.4. The Bertz CT molecular complexity index is 1510. The monoisotopic (exact) mass is 570 g/mol. The number of rotatable bonds is 10. The van der Waals surface area contributed by atoms with Crippen LogP contribution < -0.4 is 20.9 Å². The molecule has 0 saturated carbocycles. The third-order valence-corrected chi connectivity index (χ3v) is 7.12. The Kier molecular flexibility index (Phi) is 9.30. The minimum absolute atomic E-state index is 0.132. The normalized spacial score (nSPS) is 13.4. The molecule has 1 saturated heterocycles. The number of hydrogen-bond donors (Lipinski definition) is 3. The van der Waals surface area contributed by atoms with Gasteiger partial charge in [-0.3, -0.25) is 4.79 Å². The van der Waals surface area contributed by atoms with Gasteiger partial charge in [0.15, 0.2) is 5.82 Å². The molecule has 1 aliphatic rings. The van der Waals surface area contributed by atoms with Gasteiger partial charge in [-0.15, -0.1) is 0 Å². The van der Waals surface area contributed by atoms with Crippen LogP contribution in [-0.4, -0.2) is 84.9 Å². The predicted octanol–water partition coefficient (Wildman–Crippen LogP) is 4.28. The standard InChI is InChI=1S/C31H38N8O3/c1-4-38-17-14-26-28(38)35-27(36-29(26)39-18-20-42-21-19-39)22-6-10-24(11-7-22)33-31(41)34-25-12-8-23(9-13-25)30(40)32-15-5-16-37(2)3/h6-14,17H,4-5,15-16,18-21H2,1-3H3,(H,32,40)(H2,33,34,41). The second-order valence-electron chi connectivity index (χ2n) is 10.5. The van der Waals surface area contributed by atoms with Crippen LogP contribution >= 0.6 is 0 Å². The van der Waals surface area contributed by atoms with Crippen molar-refractivity contribution in [1.82, 2.24) is 24.8 Å². The zero-order chi connectivity index (χ0) is 29.5. The van der Waals surface area contributed by atoms with Crippen LogP contribution in [0.2, 0.25) is 0 Å². The number of urea groups is 1. The number of carbonyl (C=O) groups excluding carboxylic acids is 2. The molecule has 0 bridgehead atoms. The number of nitrogens with zero attached hydrogens (tertiary/aromatic N) is 5. The number of carbonyl (C=O) groups is 2. The molecular formula is C31H38N8O3. The number of nitrogens with one attached hydrogen (secondary N) is 3. The summed E-state index contributed by atoms with van der Waals surface area (Å²) in [7, 11) is 4.01. The molecule has 0 aliphatic carbocycles. The lowest BCUT2D eigenvalue weighted by Crippen LogP contribution is -2.37. The number of anilines is 3. The molecule has 11 heteroatoms. The molecule has 2 aromatic heterocycles. The van der Waals surface area contributed by atoms with E-state index in [1.807, 2.05) is 38.4 Å². The number of morpholine rings is 1. The minimum Gasteiger partial charge on any atom is -0.378 e. The highest BCUT2D eigenvalue weighted by atomic mass is 16.5. The molecule has 3 N–H and O–H groups in total. The number of fused-ring (bicyclic) bond motifs is 1. The molecule has 3 heterocycles. The Morgan fingerprint density at radius 3 is 2.24 bits per heavy atom. The number of aromatic nitrogens is 3. The Morgan fingerprint density at radius 2 is 1.60 bits per heavy atom. The molecule has 0 spiro atoms. The lowest BCUT2D eigenvalue weighted by molar-refractivity contribution is 0.0952. The van der Waals surface area contributed by atoms with E-state index in [2.05, 4.69) is 49.5 Å². The van der Waals surface area contributed by atoms with Crippen molar-refractivity contribution < 1.29 is 14.3 Å². The Labute approximate surface area is 245 Å². The quantitative estimate of drug-likeness (QED) is 0.244. The second-order valence-corrected chi connectivity index (χ2v) is 10.5. The maximum Gasteiger partial charge on any atom is 0.323 e. The highest BCUT2D eigenvalue weighted by molar-refractivity contribution is 6.00. The second kappa shape index (κ2) is 13.5. The molecule has 2 aromatic carbocycles. The highest BCUT2D eigenvalue weighted by Gasteiger charge is 2.20. The fourth-order valence-electron chi connectivity index (χ4n) is 4.85. The zero-order valence-electron chi connectivity index (χ0n) is 24.4. The lowest BCUT2D eigenvalue weighted by atomic mass is 10.2. The molecule has 3 amide bonds. The first kappa shape index (κ1) is 29.0. The average molecular weight is 571 g/mol. The fraction of sp³-hybridized carbons (Fsp3) is 0.355. The number of aryl methyl sites for hydroxylation is 1. The molecule has 4 aromatic rings. The van der Waals surface area contributed by atoms with Gasteiger partial charge in [0.1, 0.15) is 11.5 Å². The van der Waals surface area contributed by atoms with E-state index in [0.717, 1.165) is 55.0 Å². The maximum absolute atomic E-state index is 12.6. The van der Waals surface area contributed by atoms with Crippen LogP contribution in [0.4, 0.5) is 22.0 Å². The Balaban J connectivity index is 1.22. The summed E-state index contributed by atoms with van der Waals surface area (Å²) in [6.45, 7) is 7.35. The van der Waals surface area contributed by atoms with Gasteiger partial charge >= 0.3 is 6.03 Å². The molecule has 220 valence electrons. The molecule has 0 unspecified atom stereocenters. The Morgan fingerprint density at radius 1 is 0.929 bits per heavy atom. The molecule has 11 nitrogen and oxygen atoms in total. The van der Waals surface area contributed by atoms with Crippen molar-refractivity contribution in [2.75, 3.05) is 69.0 Å². The van der Waals surface area contributed by atoms with Crippen LogP contribution in [0.5, 0.6) is 0 Å². The summed E-state index contributed by atoms with van der Waals surface area (Å²) in [5.74, 6) is 1.42. The van der Waals surface area contributed by atoms with E-state index in [0.29, 0.717) is 42.5 Å². The third kappa shape index (κ3) is 7.04. The summed E-state index contributed by atoms with van der Waals surface area (Å²) in [6, 6.07) is 16.0. The largest absolute Gasteiger partial charge is 0.378 e. The van der Waals surface area contributed by atoms with Gasteiger partial charge < -0.3 is 35.1 Å². The summed E-state index contributed by atoms with van der Waals surface area (Å²) >= 11 is 0. The van der Waals surface area contributed by atoms with Gasteiger partial charge in [0.25, 0.3) is 5.91 Å². The summed E-state index contributed by atoms with van der Waals surface area (Å²) in [5.41, 5.74) is 3.53. The van der Waals surface area contributed by atoms with E-state index in [1.54, 1.807) is 24.3 Å². The van der Waals surface area contributed by atoms with Crippen molar-refractivity contribution in [2.24, 2.45) is 0 Å². The summed E-state index contributed by atoms with van der Waals surface area (Å²) in [4.78, 5) is 39.1. The third-order valence-electron chi connectivity index (χ3n) is 7.12. The first-order valence-electron chi connectivity index (χ1n) is 14.3. The number of hydrogen-bond acceptors (Lipinski definition) is 7. The molecule has 42 heavy (non-hydrogen) atoms. The van der Waals surface area contributed by atoms with Crippen molar-refractivity contribution in [1.29, 1.82) is 0 Å². The van der Waals surface area contributed by atoms with Gasteiger partial charge in [0.2, 0.25) is 0 Å². The summed E-state index contributed by atoms with van der Waals surface area (Å²) in [6.07, 6.45) is 2.93. The van der Waals surface area contributed by atoms with Crippen LogP contribution in [0.3, 0.4) is 0 Å². The lowest BCUT2D eigenvalue weighted by Gasteiger charge is -2.28. The average Bonchev–Trinajstić information content (AvgIpc) is 3.43. The van der Waals surface area contributed by atoms with Crippen LogP contribution in [0.1, 0.15) is 23.7 Å². The minimum atomic E-state index is -0.378. The molecule has 0 atom stereocenters. The van der Waals surface area contributed by atoms with E-state index in [1.165, 1.54) is 0 Å². The van der Waals surface area contributed by atoms with Crippen molar-refractivity contribution in [3.05, 3.63) is 66.4 Å². The molecular weight excluding hydrogens is 532 g/mol. The number of amides is 3. The van der Waals surface area contributed by atoms with Crippen LogP contribution in [0.25, 0.3) is 22.4 Å². The van der Waals surface area contributed by atoms with E-state index >= 15 is 0 Å². The van der Waals surface area contributed by atoms with Gasteiger partial charge in [-0.1, -0.05) is 0 Å². The Hall–Kier alpha value is -4.48. The SMILES string of the molecule is CCn1ccc2c(N3CCOCC3)nc(-c3ccc(NC(=O)Nc4ccc(C(=O)NCCCN(C)C)cc4)cc3)nc21. The summed E-state index contributed by atoms with van der Waals surface area (Å²) < 4.78 is 7.67. The van der Waals surface area contributed by atoms with Crippen LogP contribution in [-0.2, 0) is 11.3 Å². The van der Waals surface area contributed by atoms with E-state index in [4.69, 9.17) is 14.7 Å². The molecule has 5 rings (SSSR count). The topological polar surface area (TPSA) is 117 Å². The van der Waals surface area contributed by atoms with Crippen molar-refractivity contribution >= 4 is 40.2 Å². The number of ether oxygens (including phenoxy) is 1. The van der Waals surface area contributed by atoms with Crippen molar-refractivity contribution in [3.8, 4) is 11.4 Å². The van der Waals surface area contributed by atoms with Gasteiger partial charge in [-0.25, -0.2) is 14.8 Å². The van der Waals surface area contributed by atoms with Crippen LogP contribution in [0.15, 0.2) is 60.8 Å². The summed E-state index contributed by atoms with van der Waals surface area (Å²) in [5, 5.41) is 9.61. The van der Waals surface area contributed by atoms with Crippen LogP contribution in [0, 0.1) is 0 Å². The predicted molar refractivity (Wildman–Crippen MR) is 166 cm³/mol. The van der Waals surface area contributed by atoms with Gasteiger partial charge in [-0.2, -0.15) is 0 Å². The van der Waals surface area contributed by atoms with Gasteiger partial charge in [0, 0.05) is 54.9 Å². The molecule has 0 radical (unpaired) electrons. The van der Waals surface area contributed by atoms with Gasteiger partial charge in [0.05, 0.1) is 18.6 Å². The fourth-order valence-corrected chi connectivity index (χ4v) is 4.85. The maximum atomic E-state index is 12.6. The smallest absolute Gasteiger partial charge is 0.323 e. The zero-order valence-corrected chi connectivity index (χ0v) is 24.4. The highest BCUT2D eigenvalue weighted by Crippen LogP contribution is 2.29. The first-order valence-corrected chi connectivity index (χ1v) is 14.3. The number of benzene rings is 2. The van der Waals surface area contributed by atoms with E-state index in [9.17, 15) is 9.59 Å². The van der Waals surface area contributed by atoms with E-state index < -0.39 is 0 Å². The molecule has 1 aliphatic heterocycles. The van der Waals surface area contributed by atoms with Crippen molar-refractivity contribution in [2.45, 2.75) is 19.9 Å². The molecule has 1 fully saturated rings. The van der Waals surface area contributed by atoms with E-state index in [-0.39, 0.29) is 11.9 Å². The van der Waals surface area contributed by atoms with Gasteiger partial charge in [-0.05, 0) is 88.6 Å². The van der Waals surface area contributed by atoms with Crippen molar-refractivity contribution in [3.63, 3.8) is 0 Å².